The van der Waals surface area contributed by atoms with Crippen LogP contribution in [0, 0.1) is 17.5 Å². The van der Waals surface area contributed by atoms with Crippen LogP contribution in [0.1, 0.15) is 10.4 Å². The monoisotopic (exact) mass is 280 g/mol. The van der Waals surface area contributed by atoms with Crippen molar-refractivity contribution in [1.29, 1.82) is 0 Å². The second-order valence-corrected chi connectivity index (χ2v) is 4.17. The molecule has 0 spiro atoms. The summed E-state index contributed by atoms with van der Waals surface area (Å²) < 4.78 is 40.5. The van der Waals surface area contributed by atoms with Gasteiger partial charge in [-0.15, -0.1) is 0 Å². The maximum atomic E-state index is 13.8. The van der Waals surface area contributed by atoms with Gasteiger partial charge in [0.15, 0.2) is 5.82 Å². The van der Waals surface area contributed by atoms with E-state index >= 15 is 0 Å². The van der Waals surface area contributed by atoms with Gasteiger partial charge in [0.25, 0.3) is 5.91 Å². The maximum absolute atomic E-state index is 13.8. The molecule has 0 aliphatic rings. The molecule has 0 heterocycles. The molecule has 2 aromatic rings. The van der Waals surface area contributed by atoms with Crippen LogP contribution < -0.4 is 10.6 Å². The van der Waals surface area contributed by atoms with Crippen LogP contribution in [0.3, 0.4) is 0 Å². The van der Waals surface area contributed by atoms with E-state index in [0.717, 1.165) is 23.1 Å². The molecule has 0 fully saturated rings. The fraction of sp³-hybridized carbons (Fsp3) is 0.0714. The molecular weight excluding hydrogens is 269 g/mol. The van der Waals surface area contributed by atoms with Crippen molar-refractivity contribution in [3.05, 3.63) is 59.4 Å². The molecule has 2 aromatic carbocycles. The summed E-state index contributed by atoms with van der Waals surface area (Å²) in [6.45, 7) is 0. The van der Waals surface area contributed by atoms with E-state index in [1.54, 1.807) is 0 Å². The zero-order valence-electron chi connectivity index (χ0n) is 10.5. The van der Waals surface area contributed by atoms with Gasteiger partial charge in [-0.05, 0) is 30.3 Å². The first-order valence-electron chi connectivity index (χ1n) is 5.69. The van der Waals surface area contributed by atoms with Gasteiger partial charge in [0.1, 0.15) is 17.2 Å². The number of carbonyl (C=O) groups is 1. The largest absolute Gasteiger partial charge is 0.396 e. The summed E-state index contributed by atoms with van der Waals surface area (Å²) in [6, 6.07) is 7.06. The molecule has 2 N–H and O–H groups in total. The Morgan fingerprint density at radius 1 is 1.15 bits per heavy atom. The lowest BCUT2D eigenvalue weighted by atomic mass is 10.1. The van der Waals surface area contributed by atoms with Gasteiger partial charge in [-0.1, -0.05) is 6.07 Å². The molecule has 3 nitrogen and oxygen atoms in total. The molecule has 6 heteroatoms. The molecule has 0 bridgehead atoms. The Bertz CT molecular complexity index is 673. The van der Waals surface area contributed by atoms with E-state index in [9.17, 15) is 18.0 Å². The van der Waals surface area contributed by atoms with Crippen molar-refractivity contribution in [1.82, 2.24) is 0 Å². The number of rotatable bonds is 2. The van der Waals surface area contributed by atoms with Crippen molar-refractivity contribution in [2.45, 2.75) is 0 Å². The molecule has 104 valence electrons. The number of nitrogens with two attached hydrogens (primary N) is 1. The van der Waals surface area contributed by atoms with Crippen molar-refractivity contribution in [2.24, 2.45) is 0 Å². The summed E-state index contributed by atoms with van der Waals surface area (Å²) in [5, 5.41) is 0. The lowest BCUT2D eigenvalue weighted by Gasteiger charge is -2.18. The summed E-state index contributed by atoms with van der Waals surface area (Å²) in [5.41, 5.74) is 4.40. The van der Waals surface area contributed by atoms with E-state index in [4.69, 9.17) is 5.73 Å². The summed E-state index contributed by atoms with van der Waals surface area (Å²) in [6.07, 6.45) is 0. The minimum atomic E-state index is -1.13. The van der Waals surface area contributed by atoms with Gasteiger partial charge in [0.05, 0.1) is 5.69 Å². The lowest BCUT2D eigenvalue weighted by molar-refractivity contribution is 0.0985. The second kappa shape index (κ2) is 5.24. The van der Waals surface area contributed by atoms with Gasteiger partial charge in [0.2, 0.25) is 0 Å². The number of anilines is 2. The van der Waals surface area contributed by atoms with Crippen LogP contribution in [0.5, 0.6) is 0 Å². The Morgan fingerprint density at radius 3 is 2.50 bits per heavy atom. The Kier molecular flexibility index (Phi) is 3.65. The molecule has 20 heavy (non-hydrogen) atoms. The molecule has 1 amide bonds. The maximum Gasteiger partial charge on any atom is 0.264 e. The van der Waals surface area contributed by atoms with E-state index in [-0.39, 0.29) is 11.4 Å². The van der Waals surface area contributed by atoms with Crippen LogP contribution in [0.15, 0.2) is 36.4 Å². The average Bonchev–Trinajstić information content (AvgIpc) is 2.42. The third-order valence-electron chi connectivity index (χ3n) is 2.83. The van der Waals surface area contributed by atoms with E-state index in [0.29, 0.717) is 0 Å². The second-order valence-electron chi connectivity index (χ2n) is 4.17. The van der Waals surface area contributed by atoms with E-state index in [1.807, 2.05) is 0 Å². The summed E-state index contributed by atoms with van der Waals surface area (Å²) in [7, 11) is 1.29. The summed E-state index contributed by atoms with van der Waals surface area (Å²) in [4.78, 5) is 13.1. The summed E-state index contributed by atoms with van der Waals surface area (Å²) >= 11 is 0. The zero-order chi connectivity index (χ0) is 14.9. The van der Waals surface area contributed by atoms with Crippen molar-refractivity contribution in [3.8, 4) is 0 Å². The highest BCUT2D eigenvalue weighted by Gasteiger charge is 2.23. The number of hydrogen-bond donors (Lipinski definition) is 1. The predicted molar refractivity (Wildman–Crippen MR) is 69.9 cm³/mol. The topological polar surface area (TPSA) is 46.3 Å². The molecule has 0 atom stereocenters. The van der Waals surface area contributed by atoms with Gasteiger partial charge >= 0.3 is 0 Å². The first-order chi connectivity index (χ1) is 9.41. The van der Waals surface area contributed by atoms with Gasteiger partial charge in [0, 0.05) is 12.7 Å². The molecule has 0 saturated heterocycles. The molecule has 0 saturated carbocycles. The molecule has 0 unspecified atom stereocenters. The van der Waals surface area contributed by atoms with Crippen LogP contribution in [0.25, 0.3) is 0 Å². The smallest absolute Gasteiger partial charge is 0.264 e. The molecule has 0 aliphatic heterocycles. The fourth-order valence-corrected chi connectivity index (χ4v) is 1.73. The van der Waals surface area contributed by atoms with Gasteiger partial charge in [-0.2, -0.15) is 0 Å². The Labute approximate surface area is 113 Å². The van der Waals surface area contributed by atoms with Crippen molar-refractivity contribution in [2.75, 3.05) is 17.7 Å². The lowest BCUT2D eigenvalue weighted by Crippen LogP contribution is -2.28. The molecule has 0 aliphatic carbocycles. The standard InChI is InChI=1S/C14H11F3N2O/c1-19(9-4-2-3-8(15)7-9)14(20)12-10(16)5-6-11(18)13(12)17/h2-7H,18H2,1H3. The molecule has 0 aromatic heterocycles. The van der Waals surface area contributed by atoms with Crippen LogP contribution >= 0.6 is 0 Å². The molecule has 0 radical (unpaired) electrons. The first kappa shape index (κ1) is 13.9. The SMILES string of the molecule is CN(C(=O)c1c(F)ccc(N)c1F)c1cccc(F)c1. The van der Waals surface area contributed by atoms with Crippen LogP contribution in [0.4, 0.5) is 24.5 Å². The van der Waals surface area contributed by atoms with Crippen molar-refractivity contribution in [3.63, 3.8) is 0 Å². The average molecular weight is 280 g/mol. The quantitative estimate of drug-likeness (QED) is 0.860. The van der Waals surface area contributed by atoms with Crippen molar-refractivity contribution < 1.29 is 18.0 Å². The molecule has 2 rings (SSSR count). The molecular formula is C14H11F3N2O. The van der Waals surface area contributed by atoms with E-state index in [2.05, 4.69) is 0 Å². The van der Waals surface area contributed by atoms with Crippen LogP contribution in [-0.4, -0.2) is 13.0 Å². The Balaban J connectivity index is 2.44. The number of amides is 1. The minimum Gasteiger partial charge on any atom is -0.396 e. The number of carbonyl (C=O) groups excluding carboxylic acids is 1. The highest BCUT2D eigenvalue weighted by atomic mass is 19.1. The van der Waals surface area contributed by atoms with Gasteiger partial charge < -0.3 is 10.6 Å². The number of halogens is 3. The number of benzene rings is 2. The van der Waals surface area contributed by atoms with Crippen molar-refractivity contribution >= 4 is 17.3 Å². The van der Waals surface area contributed by atoms with Crippen LogP contribution in [-0.2, 0) is 0 Å². The first-order valence-corrected chi connectivity index (χ1v) is 5.69. The van der Waals surface area contributed by atoms with E-state index in [1.165, 1.54) is 25.2 Å². The fourth-order valence-electron chi connectivity index (χ4n) is 1.73. The highest BCUT2D eigenvalue weighted by Crippen LogP contribution is 2.23. The highest BCUT2D eigenvalue weighted by molar-refractivity contribution is 6.06. The van der Waals surface area contributed by atoms with E-state index < -0.39 is 28.9 Å². The third kappa shape index (κ3) is 2.45. The van der Waals surface area contributed by atoms with Gasteiger partial charge in [-0.25, -0.2) is 13.2 Å². The predicted octanol–water partition coefficient (Wildman–Crippen LogP) is 2.96. The van der Waals surface area contributed by atoms with Gasteiger partial charge in [-0.3, -0.25) is 4.79 Å². The normalized spacial score (nSPS) is 10.4. The number of nitrogen functional groups attached to an aromatic ring is 1. The zero-order valence-corrected chi connectivity index (χ0v) is 10.5. The third-order valence-corrected chi connectivity index (χ3v) is 2.83. The minimum absolute atomic E-state index is 0.177. The Morgan fingerprint density at radius 2 is 1.85 bits per heavy atom. The Hall–Kier alpha value is -2.50. The number of hydrogen-bond acceptors (Lipinski definition) is 2. The number of nitrogens with zero attached hydrogens (tertiary/aromatic N) is 1. The van der Waals surface area contributed by atoms with Crippen LogP contribution in [0.2, 0.25) is 0 Å². The summed E-state index contributed by atoms with van der Waals surface area (Å²) in [5.74, 6) is -3.66.